The highest BCUT2D eigenvalue weighted by Gasteiger charge is 2.33. The lowest BCUT2D eigenvalue weighted by atomic mass is 10.2. The third-order valence-corrected chi connectivity index (χ3v) is 3.38. The number of alkyl halides is 3. The number of hydrogen-bond acceptors (Lipinski definition) is 4. The van der Waals surface area contributed by atoms with Crippen LogP contribution in [-0.2, 0) is 12.7 Å². The third-order valence-electron chi connectivity index (χ3n) is 3.38. The summed E-state index contributed by atoms with van der Waals surface area (Å²) >= 11 is 0. The Balaban J connectivity index is 1.76. The SMILES string of the molecule is FC(F)(F)c1cccnc1NCc1ccc2c(c1)OCCCO2. The van der Waals surface area contributed by atoms with E-state index >= 15 is 0 Å². The topological polar surface area (TPSA) is 43.4 Å². The molecule has 0 radical (unpaired) electrons. The van der Waals surface area contributed by atoms with Gasteiger partial charge in [-0.15, -0.1) is 0 Å². The fourth-order valence-corrected chi connectivity index (χ4v) is 2.28. The Hall–Kier alpha value is -2.44. The molecule has 23 heavy (non-hydrogen) atoms. The highest BCUT2D eigenvalue weighted by atomic mass is 19.4. The minimum absolute atomic E-state index is 0.188. The Morgan fingerprint density at radius 2 is 1.87 bits per heavy atom. The first-order chi connectivity index (χ1) is 11.0. The predicted octanol–water partition coefficient (Wildman–Crippen LogP) is 3.87. The summed E-state index contributed by atoms with van der Waals surface area (Å²) in [6, 6.07) is 7.59. The molecule has 1 aliphatic heterocycles. The minimum atomic E-state index is -4.44. The Morgan fingerprint density at radius 1 is 1.09 bits per heavy atom. The van der Waals surface area contributed by atoms with Crippen LogP contribution in [0.25, 0.3) is 0 Å². The van der Waals surface area contributed by atoms with E-state index in [1.165, 1.54) is 12.3 Å². The molecule has 0 atom stereocenters. The number of aromatic nitrogens is 1. The van der Waals surface area contributed by atoms with Crippen molar-refractivity contribution in [3.8, 4) is 11.5 Å². The number of benzene rings is 1. The third kappa shape index (κ3) is 3.67. The van der Waals surface area contributed by atoms with Crippen molar-refractivity contribution in [1.29, 1.82) is 0 Å². The molecule has 0 saturated carbocycles. The van der Waals surface area contributed by atoms with Crippen LogP contribution in [0, 0.1) is 0 Å². The normalized spacial score (nSPS) is 14.2. The fourth-order valence-electron chi connectivity index (χ4n) is 2.28. The van der Waals surface area contributed by atoms with Crippen LogP contribution in [0.1, 0.15) is 17.5 Å². The van der Waals surface area contributed by atoms with Gasteiger partial charge < -0.3 is 14.8 Å². The maximum Gasteiger partial charge on any atom is 0.419 e. The van der Waals surface area contributed by atoms with Crippen molar-refractivity contribution in [2.24, 2.45) is 0 Å². The molecule has 7 heteroatoms. The Kier molecular flexibility index (Phi) is 4.27. The number of anilines is 1. The molecule has 1 aromatic carbocycles. The van der Waals surface area contributed by atoms with E-state index in [0.717, 1.165) is 18.1 Å². The standard InChI is InChI=1S/C16H15F3N2O2/c17-16(18,19)12-3-1-6-20-15(12)21-10-11-4-5-13-14(9-11)23-8-2-7-22-13/h1,3-6,9H,2,7-8,10H2,(H,20,21). The summed E-state index contributed by atoms with van der Waals surface area (Å²) in [7, 11) is 0. The number of nitrogens with zero attached hydrogens (tertiary/aromatic N) is 1. The zero-order chi connectivity index (χ0) is 16.3. The van der Waals surface area contributed by atoms with Gasteiger partial charge in [0.2, 0.25) is 0 Å². The highest BCUT2D eigenvalue weighted by Crippen LogP contribution is 2.34. The summed E-state index contributed by atoms with van der Waals surface area (Å²) < 4.78 is 49.9. The maximum atomic E-state index is 12.9. The van der Waals surface area contributed by atoms with E-state index in [1.807, 2.05) is 0 Å². The van der Waals surface area contributed by atoms with Crippen molar-refractivity contribution in [1.82, 2.24) is 4.98 Å². The van der Waals surface area contributed by atoms with Gasteiger partial charge in [-0.1, -0.05) is 6.07 Å². The first kappa shape index (κ1) is 15.5. The number of fused-ring (bicyclic) bond motifs is 1. The van der Waals surface area contributed by atoms with Gasteiger partial charge in [-0.25, -0.2) is 4.98 Å². The van der Waals surface area contributed by atoms with Gasteiger partial charge in [-0.3, -0.25) is 0 Å². The quantitative estimate of drug-likeness (QED) is 0.931. The maximum absolute atomic E-state index is 12.9. The molecule has 2 heterocycles. The van der Waals surface area contributed by atoms with Crippen LogP contribution in [0.5, 0.6) is 11.5 Å². The number of hydrogen-bond donors (Lipinski definition) is 1. The van der Waals surface area contributed by atoms with Gasteiger partial charge >= 0.3 is 6.18 Å². The molecule has 0 fully saturated rings. The van der Waals surface area contributed by atoms with Crippen LogP contribution in [0.15, 0.2) is 36.5 Å². The molecule has 4 nitrogen and oxygen atoms in total. The lowest BCUT2D eigenvalue weighted by molar-refractivity contribution is -0.137. The second-order valence-corrected chi connectivity index (χ2v) is 5.08. The minimum Gasteiger partial charge on any atom is -0.490 e. The summed E-state index contributed by atoms with van der Waals surface area (Å²) in [5.74, 6) is 1.08. The van der Waals surface area contributed by atoms with Crippen molar-refractivity contribution in [2.45, 2.75) is 19.1 Å². The van der Waals surface area contributed by atoms with Crippen molar-refractivity contribution in [3.63, 3.8) is 0 Å². The van der Waals surface area contributed by atoms with Crippen LogP contribution in [-0.4, -0.2) is 18.2 Å². The van der Waals surface area contributed by atoms with Gasteiger partial charge in [0.25, 0.3) is 0 Å². The number of rotatable bonds is 3. The zero-order valence-corrected chi connectivity index (χ0v) is 12.2. The highest BCUT2D eigenvalue weighted by molar-refractivity contribution is 5.48. The predicted molar refractivity (Wildman–Crippen MR) is 78.6 cm³/mol. The molecule has 0 unspecified atom stereocenters. The lowest BCUT2D eigenvalue weighted by Gasteiger charge is -2.14. The molecule has 0 bridgehead atoms. The van der Waals surface area contributed by atoms with E-state index < -0.39 is 11.7 Å². The van der Waals surface area contributed by atoms with Crippen molar-refractivity contribution >= 4 is 5.82 Å². The Labute approximate surface area is 131 Å². The first-order valence-corrected chi connectivity index (χ1v) is 7.18. The Morgan fingerprint density at radius 3 is 2.65 bits per heavy atom. The molecule has 2 aromatic rings. The first-order valence-electron chi connectivity index (χ1n) is 7.18. The summed E-state index contributed by atoms with van der Waals surface area (Å²) in [5, 5.41) is 2.73. The largest absolute Gasteiger partial charge is 0.490 e. The van der Waals surface area contributed by atoms with E-state index in [2.05, 4.69) is 10.3 Å². The fraction of sp³-hybridized carbons (Fsp3) is 0.312. The zero-order valence-electron chi connectivity index (χ0n) is 12.2. The van der Waals surface area contributed by atoms with Crippen LogP contribution in [0.3, 0.4) is 0 Å². The number of halogens is 3. The van der Waals surface area contributed by atoms with Crippen LogP contribution in [0.2, 0.25) is 0 Å². The lowest BCUT2D eigenvalue weighted by Crippen LogP contribution is -2.12. The number of nitrogens with one attached hydrogen (secondary N) is 1. The van der Waals surface area contributed by atoms with Crippen molar-refractivity contribution < 1.29 is 22.6 Å². The van der Waals surface area contributed by atoms with E-state index in [4.69, 9.17) is 9.47 Å². The van der Waals surface area contributed by atoms with Gasteiger partial charge in [-0.2, -0.15) is 13.2 Å². The van der Waals surface area contributed by atoms with E-state index in [1.54, 1.807) is 18.2 Å². The van der Waals surface area contributed by atoms with Crippen LogP contribution < -0.4 is 14.8 Å². The van der Waals surface area contributed by atoms with E-state index in [9.17, 15) is 13.2 Å². The van der Waals surface area contributed by atoms with E-state index in [0.29, 0.717) is 24.7 Å². The summed E-state index contributed by atoms with van der Waals surface area (Å²) in [5.41, 5.74) is 0.00220. The average Bonchev–Trinajstić information content (AvgIpc) is 2.77. The molecule has 3 rings (SSSR count). The second-order valence-electron chi connectivity index (χ2n) is 5.08. The van der Waals surface area contributed by atoms with Gasteiger partial charge in [0, 0.05) is 19.2 Å². The van der Waals surface area contributed by atoms with Crippen molar-refractivity contribution in [3.05, 3.63) is 47.7 Å². The smallest absolute Gasteiger partial charge is 0.419 e. The number of ether oxygens (including phenoxy) is 2. The molecule has 0 aliphatic carbocycles. The second kappa shape index (κ2) is 6.36. The molecular formula is C16H15F3N2O2. The molecular weight excluding hydrogens is 309 g/mol. The van der Waals surface area contributed by atoms with Crippen LogP contribution >= 0.6 is 0 Å². The molecule has 0 saturated heterocycles. The monoisotopic (exact) mass is 324 g/mol. The molecule has 122 valence electrons. The Bertz CT molecular complexity index is 689. The van der Waals surface area contributed by atoms with Gasteiger partial charge in [0.05, 0.1) is 18.8 Å². The molecule has 0 amide bonds. The van der Waals surface area contributed by atoms with Gasteiger partial charge in [0.1, 0.15) is 5.82 Å². The van der Waals surface area contributed by atoms with Crippen molar-refractivity contribution in [2.75, 3.05) is 18.5 Å². The molecule has 1 N–H and O–H groups in total. The summed E-state index contributed by atoms with van der Waals surface area (Å²) in [6.07, 6.45) is -2.32. The van der Waals surface area contributed by atoms with Gasteiger partial charge in [0.15, 0.2) is 11.5 Å². The molecule has 1 aliphatic rings. The molecule has 0 spiro atoms. The van der Waals surface area contributed by atoms with Crippen LogP contribution in [0.4, 0.5) is 19.0 Å². The average molecular weight is 324 g/mol. The van der Waals surface area contributed by atoms with Gasteiger partial charge in [-0.05, 0) is 29.8 Å². The number of pyridine rings is 1. The molecule has 1 aromatic heterocycles. The summed E-state index contributed by atoms with van der Waals surface area (Å²) in [6.45, 7) is 1.35. The van der Waals surface area contributed by atoms with E-state index in [-0.39, 0.29) is 12.4 Å². The summed E-state index contributed by atoms with van der Waals surface area (Å²) in [4.78, 5) is 3.78.